The molecule has 104 valence electrons. The van der Waals surface area contributed by atoms with E-state index in [1.807, 2.05) is 12.4 Å². The normalized spacial score (nSPS) is 24.7. The zero-order chi connectivity index (χ0) is 13.1. The number of aromatic nitrogens is 1. The SMILES string of the molecule is NC1CCCN(c2cncc(OC3CCCC3)c2)C1. The molecule has 2 heterocycles. The molecule has 1 saturated carbocycles. The highest BCUT2D eigenvalue weighted by molar-refractivity contribution is 5.48. The van der Waals surface area contributed by atoms with E-state index in [1.165, 1.54) is 25.7 Å². The van der Waals surface area contributed by atoms with Gasteiger partial charge in [-0.1, -0.05) is 0 Å². The maximum absolute atomic E-state index is 6.04. The summed E-state index contributed by atoms with van der Waals surface area (Å²) in [5, 5.41) is 0. The number of nitrogens with zero attached hydrogens (tertiary/aromatic N) is 2. The van der Waals surface area contributed by atoms with Gasteiger partial charge in [-0.3, -0.25) is 4.98 Å². The molecule has 1 saturated heterocycles. The summed E-state index contributed by atoms with van der Waals surface area (Å²) < 4.78 is 6.01. The minimum absolute atomic E-state index is 0.285. The van der Waals surface area contributed by atoms with Gasteiger partial charge in [-0.15, -0.1) is 0 Å². The van der Waals surface area contributed by atoms with Crippen LogP contribution < -0.4 is 15.4 Å². The third kappa shape index (κ3) is 3.18. The van der Waals surface area contributed by atoms with E-state index in [1.54, 1.807) is 0 Å². The maximum Gasteiger partial charge on any atom is 0.140 e. The minimum atomic E-state index is 0.285. The summed E-state index contributed by atoms with van der Waals surface area (Å²) in [6.45, 7) is 2.00. The number of hydrogen-bond acceptors (Lipinski definition) is 4. The van der Waals surface area contributed by atoms with Crippen molar-refractivity contribution in [3.63, 3.8) is 0 Å². The Morgan fingerprint density at radius 1 is 1.16 bits per heavy atom. The number of ether oxygens (including phenoxy) is 1. The average Bonchev–Trinajstić information content (AvgIpc) is 2.92. The Balaban J connectivity index is 1.68. The number of rotatable bonds is 3. The summed E-state index contributed by atoms with van der Waals surface area (Å²) in [4.78, 5) is 6.64. The first-order chi connectivity index (χ1) is 9.31. The van der Waals surface area contributed by atoms with Crippen LogP contribution in [0, 0.1) is 0 Å². The molecule has 0 spiro atoms. The zero-order valence-electron chi connectivity index (χ0n) is 11.4. The van der Waals surface area contributed by atoms with Crippen molar-refractivity contribution in [3.8, 4) is 5.75 Å². The molecule has 0 amide bonds. The van der Waals surface area contributed by atoms with E-state index in [0.717, 1.165) is 37.4 Å². The monoisotopic (exact) mass is 261 g/mol. The Hall–Kier alpha value is -1.29. The molecule has 2 fully saturated rings. The highest BCUT2D eigenvalue weighted by Crippen LogP contribution is 2.27. The molecule has 1 aliphatic carbocycles. The van der Waals surface area contributed by atoms with E-state index < -0.39 is 0 Å². The van der Waals surface area contributed by atoms with Crippen LogP contribution in [0.5, 0.6) is 5.75 Å². The average molecular weight is 261 g/mol. The lowest BCUT2D eigenvalue weighted by atomic mass is 10.1. The molecule has 1 aromatic heterocycles. The lowest BCUT2D eigenvalue weighted by Crippen LogP contribution is -2.42. The number of piperidine rings is 1. The Morgan fingerprint density at radius 2 is 2.00 bits per heavy atom. The summed E-state index contributed by atoms with van der Waals surface area (Å²) in [5.74, 6) is 0.906. The number of pyridine rings is 1. The quantitative estimate of drug-likeness (QED) is 0.907. The standard InChI is InChI=1S/C15H23N3O/c16-12-4-3-7-18(11-12)13-8-15(10-17-9-13)19-14-5-1-2-6-14/h8-10,12,14H,1-7,11,16H2. The second-order valence-corrected chi connectivity index (χ2v) is 5.75. The Labute approximate surface area is 115 Å². The second kappa shape index (κ2) is 5.78. The van der Waals surface area contributed by atoms with Crippen LogP contribution in [-0.4, -0.2) is 30.2 Å². The number of hydrogen-bond donors (Lipinski definition) is 1. The van der Waals surface area contributed by atoms with E-state index >= 15 is 0 Å². The van der Waals surface area contributed by atoms with E-state index in [9.17, 15) is 0 Å². The molecule has 1 unspecified atom stereocenters. The first-order valence-electron chi connectivity index (χ1n) is 7.43. The third-order valence-corrected chi connectivity index (χ3v) is 4.13. The topological polar surface area (TPSA) is 51.4 Å². The molecule has 1 atom stereocenters. The van der Waals surface area contributed by atoms with Crippen LogP contribution >= 0.6 is 0 Å². The Morgan fingerprint density at radius 3 is 2.79 bits per heavy atom. The lowest BCUT2D eigenvalue weighted by Gasteiger charge is -2.32. The van der Waals surface area contributed by atoms with Crippen molar-refractivity contribution in [2.45, 2.75) is 50.7 Å². The van der Waals surface area contributed by atoms with Crippen LogP contribution in [0.25, 0.3) is 0 Å². The van der Waals surface area contributed by atoms with E-state index in [-0.39, 0.29) is 6.04 Å². The molecule has 0 aromatic carbocycles. The summed E-state index contributed by atoms with van der Waals surface area (Å²) in [6, 6.07) is 2.40. The van der Waals surface area contributed by atoms with Gasteiger partial charge in [-0.2, -0.15) is 0 Å². The second-order valence-electron chi connectivity index (χ2n) is 5.75. The Bertz CT molecular complexity index is 418. The van der Waals surface area contributed by atoms with Crippen LogP contribution in [0.15, 0.2) is 18.5 Å². The van der Waals surface area contributed by atoms with Crippen molar-refractivity contribution in [1.82, 2.24) is 4.98 Å². The van der Waals surface area contributed by atoms with Gasteiger partial charge in [0.2, 0.25) is 0 Å². The van der Waals surface area contributed by atoms with Gasteiger partial charge in [0.1, 0.15) is 5.75 Å². The van der Waals surface area contributed by atoms with Gasteiger partial charge < -0.3 is 15.4 Å². The molecule has 2 N–H and O–H groups in total. The summed E-state index contributed by atoms with van der Waals surface area (Å²) in [5.41, 5.74) is 7.18. The maximum atomic E-state index is 6.04. The van der Waals surface area contributed by atoms with Crippen LogP contribution in [0.4, 0.5) is 5.69 Å². The lowest BCUT2D eigenvalue weighted by molar-refractivity contribution is 0.209. The van der Waals surface area contributed by atoms with Crippen molar-refractivity contribution >= 4 is 5.69 Å². The van der Waals surface area contributed by atoms with Crippen molar-refractivity contribution in [1.29, 1.82) is 0 Å². The fraction of sp³-hybridized carbons (Fsp3) is 0.667. The van der Waals surface area contributed by atoms with Gasteiger partial charge in [0.25, 0.3) is 0 Å². The first-order valence-corrected chi connectivity index (χ1v) is 7.43. The molecular formula is C15H23N3O. The van der Waals surface area contributed by atoms with Crippen molar-refractivity contribution in [2.75, 3.05) is 18.0 Å². The zero-order valence-corrected chi connectivity index (χ0v) is 11.4. The predicted octanol–water partition coefficient (Wildman–Crippen LogP) is 2.33. The molecule has 2 aliphatic rings. The van der Waals surface area contributed by atoms with Crippen molar-refractivity contribution < 1.29 is 4.74 Å². The third-order valence-electron chi connectivity index (χ3n) is 4.13. The highest BCUT2D eigenvalue weighted by Gasteiger charge is 2.19. The van der Waals surface area contributed by atoms with Gasteiger partial charge in [-0.05, 0) is 38.5 Å². The highest BCUT2D eigenvalue weighted by atomic mass is 16.5. The minimum Gasteiger partial charge on any atom is -0.489 e. The molecular weight excluding hydrogens is 238 g/mol. The van der Waals surface area contributed by atoms with Crippen LogP contribution in [-0.2, 0) is 0 Å². The first kappa shape index (κ1) is 12.7. The van der Waals surface area contributed by atoms with Crippen LogP contribution in [0.3, 0.4) is 0 Å². The number of nitrogens with two attached hydrogens (primary N) is 1. The summed E-state index contributed by atoms with van der Waals surface area (Å²) in [6.07, 6.45) is 11.4. The van der Waals surface area contributed by atoms with Gasteiger partial charge in [0.05, 0.1) is 24.2 Å². The smallest absolute Gasteiger partial charge is 0.140 e. The Kier molecular flexibility index (Phi) is 3.87. The molecule has 1 aliphatic heterocycles. The molecule has 4 heteroatoms. The molecule has 1 aromatic rings. The van der Waals surface area contributed by atoms with Crippen molar-refractivity contribution in [3.05, 3.63) is 18.5 Å². The molecule has 0 bridgehead atoms. The fourth-order valence-corrected chi connectivity index (χ4v) is 3.09. The van der Waals surface area contributed by atoms with Gasteiger partial charge in [-0.25, -0.2) is 0 Å². The largest absolute Gasteiger partial charge is 0.489 e. The van der Waals surface area contributed by atoms with Crippen LogP contribution in [0.1, 0.15) is 38.5 Å². The molecule has 4 nitrogen and oxygen atoms in total. The van der Waals surface area contributed by atoms with E-state index in [4.69, 9.17) is 10.5 Å². The van der Waals surface area contributed by atoms with Crippen molar-refractivity contribution in [2.24, 2.45) is 5.73 Å². The van der Waals surface area contributed by atoms with Gasteiger partial charge >= 0.3 is 0 Å². The van der Waals surface area contributed by atoms with Gasteiger partial charge in [0.15, 0.2) is 0 Å². The fourth-order valence-electron chi connectivity index (χ4n) is 3.09. The molecule has 0 radical (unpaired) electrons. The van der Waals surface area contributed by atoms with E-state index in [2.05, 4.69) is 16.0 Å². The van der Waals surface area contributed by atoms with E-state index in [0.29, 0.717) is 6.10 Å². The molecule has 19 heavy (non-hydrogen) atoms. The summed E-state index contributed by atoms with van der Waals surface area (Å²) in [7, 11) is 0. The predicted molar refractivity (Wildman–Crippen MR) is 76.5 cm³/mol. The molecule has 3 rings (SSSR count). The van der Waals surface area contributed by atoms with Gasteiger partial charge in [0, 0.05) is 25.2 Å². The number of anilines is 1. The van der Waals surface area contributed by atoms with Crippen LogP contribution in [0.2, 0.25) is 0 Å². The summed E-state index contributed by atoms with van der Waals surface area (Å²) >= 11 is 0.